The molecule has 0 saturated carbocycles. The normalized spacial score (nSPS) is 18.9. The molecule has 0 bridgehead atoms. The Morgan fingerprint density at radius 2 is 1.77 bits per heavy atom. The third-order valence-electron chi connectivity index (χ3n) is 7.60. The zero-order valence-electron chi connectivity index (χ0n) is 21.9. The van der Waals surface area contributed by atoms with Gasteiger partial charge in [0.15, 0.2) is 5.76 Å². The molecule has 2 aliphatic heterocycles. The lowest BCUT2D eigenvalue weighted by atomic mass is 10.1. The standard InChI is InChI=1S/C31H33ClN4O3/c32-25-5-3-22(4-6-25)19-35-14-10-27(11-15-35)38-28-7-8-29-24(16-28)17-30(39-29)31(37)34-26-9-13-36(21-26)20-23-2-1-12-33-18-23/h1-8,12,16-18,26-27H,9-11,13-15,19-21H2,(H,34,37)/t26-/m0/s1. The molecule has 1 N–H and O–H groups in total. The van der Waals surface area contributed by atoms with Crippen LogP contribution in [0.3, 0.4) is 0 Å². The lowest BCUT2D eigenvalue weighted by Crippen LogP contribution is -2.37. The van der Waals surface area contributed by atoms with E-state index in [0.717, 1.165) is 74.7 Å². The average molecular weight is 545 g/mol. The van der Waals surface area contributed by atoms with Gasteiger partial charge in [0, 0.05) is 68.1 Å². The van der Waals surface area contributed by atoms with Gasteiger partial charge in [0.1, 0.15) is 17.4 Å². The molecule has 0 spiro atoms. The number of carbonyl (C=O) groups is 1. The van der Waals surface area contributed by atoms with Gasteiger partial charge in [-0.15, -0.1) is 0 Å². The predicted octanol–water partition coefficient (Wildman–Crippen LogP) is 5.53. The summed E-state index contributed by atoms with van der Waals surface area (Å²) in [5.74, 6) is 0.978. The van der Waals surface area contributed by atoms with Gasteiger partial charge in [-0.05, 0) is 72.9 Å². The van der Waals surface area contributed by atoms with Crippen LogP contribution in [0, 0.1) is 0 Å². The molecule has 1 atom stereocenters. The predicted molar refractivity (Wildman–Crippen MR) is 152 cm³/mol. The first kappa shape index (κ1) is 25.9. The van der Waals surface area contributed by atoms with Gasteiger partial charge in [-0.25, -0.2) is 0 Å². The molecule has 2 fully saturated rings. The van der Waals surface area contributed by atoms with Crippen molar-refractivity contribution in [3.05, 3.63) is 95.0 Å². The van der Waals surface area contributed by atoms with Crippen molar-refractivity contribution in [2.45, 2.75) is 44.5 Å². The van der Waals surface area contributed by atoms with Gasteiger partial charge in [-0.2, -0.15) is 0 Å². The topological polar surface area (TPSA) is 70.8 Å². The number of ether oxygens (including phenoxy) is 1. The lowest BCUT2D eigenvalue weighted by molar-refractivity contribution is 0.0911. The summed E-state index contributed by atoms with van der Waals surface area (Å²) in [6.45, 7) is 5.52. The number of hydrogen-bond donors (Lipinski definition) is 1. The number of likely N-dealkylation sites (tertiary alicyclic amines) is 2. The van der Waals surface area contributed by atoms with Crippen LogP contribution in [0.1, 0.15) is 40.9 Å². The minimum atomic E-state index is -0.171. The molecule has 0 unspecified atom stereocenters. The largest absolute Gasteiger partial charge is 0.490 e. The summed E-state index contributed by atoms with van der Waals surface area (Å²) in [5.41, 5.74) is 3.15. The van der Waals surface area contributed by atoms with E-state index in [1.165, 1.54) is 11.1 Å². The van der Waals surface area contributed by atoms with Crippen molar-refractivity contribution < 1.29 is 13.9 Å². The van der Waals surface area contributed by atoms with E-state index in [1.807, 2.05) is 48.7 Å². The number of carbonyl (C=O) groups excluding carboxylic acids is 1. The summed E-state index contributed by atoms with van der Waals surface area (Å²) in [5, 5.41) is 4.79. The second kappa shape index (κ2) is 11.8. The Balaban J connectivity index is 0.997. The van der Waals surface area contributed by atoms with E-state index in [2.05, 4.69) is 38.3 Å². The number of rotatable bonds is 8. The molecule has 4 aromatic rings. The smallest absolute Gasteiger partial charge is 0.287 e. The van der Waals surface area contributed by atoms with E-state index in [1.54, 1.807) is 6.20 Å². The van der Waals surface area contributed by atoms with E-state index in [4.69, 9.17) is 20.8 Å². The van der Waals surface area contributed by atoms with Crippen LogP contribution in [0.15, 0.2) is 77.5 Å². The van der Waals surface area contributed by atoms with Crippen molar-refractivity contribution in [3.8, 4) is 5.75 Å². The molecule has 8 heteroatoms. The third-order valence-corrected chi connectivity index (χ3v) is 7.86. The van der Waals surface area contributed by atoms with Crippen molar-refractivity contribution in [1.82, 2.24) is 20.1 Å². The Morgan fingerprint density at radius 1 is 0.974 bits per heavy atom. The first-order valence-electron chi connectivity index (χ1n) is 13.7. The number of benzene rings is 2. The molecule has 6 rings (SSSR count). The SMILES string of the molecule is O=C(N[C@H]1CCN(Cc2cccnc2)C1)c1cc2cc(OC3CCN(Cc4ccc(Cl)cc4)CC3)ccc2o1. The number of halogens is 1. The van der Waals surface area contributed by atoms with Crippen LogP contribution in [-0.4, -0.2) is 59.0 Å². The second-order valence-electron chi connectivity index (χ2n) is 10.6. The quantitative estimate of drug-likeness (QED) is 0.314. The molecule has 2 saturated heterocycles. The van der Waals surface area contributed by atoms with Crippen LogP contribution in [0.5, 0.6) is 5.75 Å². The highest BCUT2D eigenvalue weighted by atomic mass is 35.5. The fourth-order valence-corrected chi connectivity index (χ4v) is 5.66. The van der Waals surface area contributed by atoms with Crippen LogP contribution in [0.25, 0.3) is 11.0 Å². The number of pyridine rings is 1. The fourth-order valence-electron chi connectivity index (χ4n) is 5.53. The molecule has 0 radical (unpaired) electrons. The molecule has 0 aliphatic carbocycles. The third kappa shape index (κ3) is 6.61. The number of aromatic nitrogens is 1. The zero-order valence-corrected chi connectivity index (χ0v) is 22.6. The van der Waals surface area contributed by atoms with E-state index >= 15 is 0 Å². The monoisotopic (exact) mass is 544 g/mol. The summed E-state index contributed by atoms with van der Waals surface area (Å²) >= 11 is 6.01. The Morgan fingerprint density at radius 3 is 2.56 bits per heavy atom. The number of fused-ring (bicyclic) bond motifs is 1. The van der Waals surface area contributed by atoms with E-state index < -0.39 is 0 Å². The van der Waals surface area contributed by atoms with Crippen molar-refractivity contribution in [1.29, 1.82) is 0 Å². The summed E-state index contributed by atoms with van der Waals surface area (Å²) in [4.78, 5) is 21.9. The summed E-state index contributed by atoms with van der Waals surface area (Å²) in [6, 6.07) is 19.8. The van der Waals surface area contributed by atoms with Crippen molar-refractivity contribution >= 4 is 28.5 Å². The van der Waals surface area contributed by atoms with Crippen molar-refractivity contribution in [2.24, 2.45) is 0 Å². The number of amides is 1. The summed E-state index contributed by atoms with van der Waals surface area (Å²) in [6.07, 6.45) is 6.73. The second-order valence-corrected chi connectivity index (χ2v) is 11.0. The maximum absolute atomic E-state index is 12.9. The Labute approximate surface area is 233 Å². The lowest BCUT2D eigenvalue weighted by Gasteiger charge is -2.32. The molecule has 39 heavy (non-hydrogen) atoms. The van der Waals surface area contributed by atoms with Gasteiger partial charge in [-0.1, -0.05) is 29.8 Å². The molecular weight excluding hydrogens is 512 g/mol. The number of piperidine rings is 1. The Hall–Kier alpha value is -3.39. The van der Waals surface area contributed by atoms with Gasteiger partial charge >= 0.3 is 0 Å². The van der Waals surface area contributed by atoms with E-state index in [0.29, 0.717) is 11.3 Å². The minimum absolute atomic E-state index is 0.104. The number of furan rings is 1. The highest BCUT2D eigenvalue weighted by Crippen LogP contribution is 2.27. The van der Waals surface area contributed by atoms with Crippen molar-refractivity contribution in [2.75, 3.05) is 26.2 Å². The highest BCUT2D eigenvalue weighted by Gasteiger charge is 2.26. The maximum atomic E-state index is 12.9. The van der Waals surface area contributed by atoms with Gasteiger partial charge in [-0.3, -0.25) is 19.6 Å². The molecular formula is C31H33ClN4O3. The number of hydrogen-bond acceptors (Lipinski definition) is 6. The molecule has 2 aliphatic rings. The van der Waals surface area contributed by atoms with Crippen LogP contribution in [0.2, 0.25) is 5.02 Å². The molecule has 2 aromatic carbocycles. The molecule has 202 valence electrons. The van der Waals surface area contributed by atoms with Gasteiger partial charge in [0.25, 0.3) is 5.91 Å². The zero-order chi connectivity index (χ0) is 26.6. The highest BCUT2D eigenvalue weighted by molar-refractivity contribution is 6.30. The van der Waals surface area contributed by atoms with Crippen LogP contribution in [0.4, 0.5) is 0 Å². The Bertz CT molecular complexity index is 1400. The molecule has 7 nitrogen and oxygen atoms in total. The van der Waals surface area contributed by atoms with Gasteiger partial charge < -0.3 is 14.5 Å². The molecule has 4 heterocycles. The molecule has 2 aromatic heterocycles. The van der Waals surface area contributed by atoms with Crippen LogP contribution < -0.4 is 10.1 Å². The van der Waals surface area contributed by atoms with Crippen molar-refractivity contribution in [3.63, 3.8) is 0 Å². The Kier molecular flexibility index (Phi) is 7.81. The van der Waals surface area contributed by atoms with E-state index in [-0.39, 0.29) is 18.1 Å². The van der Waals surface area contributed by atoms with Crippen LogP contribution >= 0.6 is 11.6 Å². The molecule has 1 amide bonds. The number of nitrogens with zero attached hydrogens (tertiary/aromatic N) is 3. The first-order chi connectivity index (χ1) is 19.1. The number of nitrogens with one attached hydrogen (secondary N) is 1. The van der Waals surface area contributed by atoms with Gasteiger partial charge in [0.05, 0.1) is 0 Å². The van der Waals surface area contributed by atoms with E-state index in [9.17, 15) is 4.79 Å². The minimum Gasteiger partial charge on any atom is -0.490 e. The van der Waals surface area contributed by atoms with Crippen LogP contribution in [-0.2, 0) is 13.1 Å². The summed E-state index contributed by atoms with van der Waals surface area (Å²) in [7, 11) is 0. The fraction of sp³-hybridized carbons (Fsp3) is 0.355. The maximum Gasteiger partial charge on any atom is 0.287 e. The average Bonchev–Trinajstić information content (AvgIpc) is 3.58. The first-order valence-corrected chi connectivity index (χ1v) is 14.0. The summed E-state index contributed by atoms with van der Waals surface area (Å²) < 4.78 is 12.2. The van der Waals surface area contributed by atoms with Gasteiger partial charge in [0.2, 0.25) is 0 Å².